The Balaban J connectivity index is 0.000000166. The first-order valence-electron chi connectivity index (χ1n) is 22.7. The Morgan fingerprint density at radius 1 is 0.696 bits per heavy atom. The Kier molecular flexibility index (Phi) is 13.7. The van der Waals surface area contributed by atoms with Gasteiger partial charge in [-0.05, 0) is 82.9 Å². The molecule has 2 atom stereocenters. The summed E-state index contributed by atoms with van der Waals surface area (Å²) < 4.78 is 20.3. The van der Waals surface area contributed by atoms with Crippen molar-refractivity contribution < 1.29 is 14.0 Å². The van der Waals surface area contributed by atoms with Gasteiger partial charge in [0.2, 0.25) is 0 Å². The lowest BCUT2D eigenvalue weighted by Crippen LogP contribution is -2.27. The molecule has 10 heterocycles. The zero-order valence-corrected chi connectivity index (χ0v) is 40.5. The number of alkyl halides is 1. The van der Waals surface area contributed by atoms with E-state index in [-0.39, 0.29) is 30.4 Å². The van der Waals surface area contributed by atoms with Crippen LogP contribution in [0.1, 0.15) is 94.7 Å². The van der Waals surface area contributed by atoms with Gasteiger partial charge < -0.3 is 10.6 Å². The molecule has 354 valence electrons. The Hall–Kier alpha value is -7.65. The summed E-state index contributed by atoms with van der Waals surface area (Å²) in [5.74, 6) is 1.44. The van der Waals surface area contributed by atoms with Crippen LogP contribution < -0.4 is 10.6 Å². The highest BCUT2D eigenvalue weighted by Gasteiger charge is 2.24. The molecule has 0 aliphatic heterocycles. The molecule has 21 heteroatoms. The molecule has 0 saturated heterocycles. The van der Waals surface area contributed by atoms with Crippen molar-refractivity contribution in [3.8, 4) is 43.4 Å². The van der Waals surface area contributed by atoms with Gasteiger partial charge in [0.25, 0.3) is 11.8 Å². The van der Waals surface area contributed by atoms with Crippen LogP contribution in [-0.4, -0.2) is 87.2 Å². The normalized spacial score (nSPS) is 13.1. The van der Waals surface area contributed by atoms with Crippen LogP contribution in [0.2, 0.25) is 0 Å². The van der Waals surface area contributed by atoms with E-state index in [2.05, 4.69) is 87.5 Å². The second kappa shape index (κ2) is 20.3. The Morgan fingerprint density at radius 2 is 1.17 bits per heavy atom. The number of nitrogens with zero attached hydrogens (tertiary/aromatic N) is 12. The van der Waals surface area contributed by atoms with Crippen molar-refractivity contribution in [3.05, 3.63) is 131 Å². The van der Waals surface area contributed by atoms with E-state index in [4.69, 9.17) is 4.98 Å². The van der Waals surface area contributed by atoms with E-state index in [0.717, 1.165) is 61.5 Å². The summed E-state index contributed by atoms with van der Waals surface area (Å²) in [6, 6.07) is 11.3. The summed E-state index contributed by atoms with van der Waals surface area (Å²) in [6.45, 7) is 12.4. The summed E-state index contributed by atoms with van der Waals surface area (Å²) in [5.41, 5.74) is 7.64. The first kappa shape index (κ1) is 46.5. The number of H-pyrrole nitrogens is 2. The molecule has 11 rings (SSSR count). The molecule has 0 radical (unpaired) electrons. The number of pyridine rings is 2. The number of hydrogen-bond acceptors (Lipinski definition) is 12. The number of nitrogens with one attached hydrogen (secondary N) is 4. The van der Waals surface area contributed by atoms with Gasteiger partial charge in [0.1, 0.15) is 42.3 Å². The maximum absolute atomic E-state index is 13.3. The van der Waals surface area contributed by atoms with Crippen molar-refractivity contribution in [2.24, 2.45) is 5.92 Å². The number of fused-ring (bicyclic) bond motifs is 2. The Bertz CT molecular complexity index is 3340. The van der Waals surface area contributed by atoms with Crippen LogP contribution in [0.25, 0.3) is 54.7 Å². The topological polar surface area (TPSA) is 212 Å². The maximum atomic E-state index is 13.3. The summed E-state index contributed by atoms with van der Waals surface area (Å²) in [4.78, 5) is 48.7. The molecule has 1 aliphatic rings. The monoisotopic (exact) mass is 966 g/mol. The van der Waals surface area contributed by atoms with E-state index in [0.29, 0.717) is 28.4 Å². The van der Waals surface area contributed by atoms with E-state index < -0.39 is 6.67 Å². The number of halogens is 1. The lowest BCUT2D eigenvalue weighted by Gasteiger charge is -2.13. The quantitative estimate of drug-likeness (QED) is 0.0812. The standard InChI is InChI=1S/C24H24N8OS.C22H21FN8OS.C2H6/c1-14-3-6-21(34-14)20-9-25-23-19(18-8-28-31(11-18)10-16-4-5-16)7-17(12-32(20)23)24(33)29-15(2)22-26-13-27-30-22;1-13-3-4-19(33-13)18-9-24-21-17(16-8-27-30(10-16)6-5-23)7-15(11-31(18)21)22(32)28-14(2)20-25-12-26-29-20;1-2/h3,6-9,11-13,15-16H,4-5,10H2,1-2H3,(H,29,33)(H,26,27,30);3-4,7-12,14H,5-6H2,1-2H3,(H,28,32)(H,25,26,29);1-2H3/t15-;14-;/m00./s1. The predicted molar refractivity (Wildman–Crippen MR) is 264 cm³/mol. The number of carbonyl (C=O) groups excluding carboxylic acids is 2. The van der Waals surface area contributed by atoms with Gasteiger partial charge in [-0.3, -0.25) is 38.0 Å². The zero-order chi connectivity index (χ0) is 48.2. The summed E-state index contributed by atoms with van der Waals surface area (Å²) in [5, 5.41) is 28.1. The molecule has 10 aromatic rings. The third-order valence-corrected chi connectivity index (χ3v) is 13.5. The van der Waals surface area contributed by atoms with E-state index in [1.165, 1.54) is 39.9 Å². The second-order valence-corrected chi connectivity index (χ2v) is 19.1. The number of thiophene rings is 2. The van der Waals surface area contributed by atoms with Gasteiger partial charge in [0, 0.05) is 63.3 Å². The maximum Gasteiger partial charge on any atom is 0.253 e. The number of aryl methyl sites for hydroxylation is 3. The number of hydrogen-bond donors (Lipinski definition) is 4. The van der Waals surface area contributed by atoms with Gasteiger partial charge >= 0.3 is 0 Å². The fourth-order valence-electron chi connectivity index (χ4n) is 7.78. The van der Waals surface area contributed by atoms with Gasteiger partial charge in [0.05, 0.1) is 75.7 Å². The lowest BCUT2D eigenvalue weighted by molar-refractivity contribution is 0.0929. The van der Waals surface area contributed by atoms with Crippen LogP contribution in [0.3, 0.4) is 0 Å². The van der Waals surface area contributed by atoms with Gasteiger partial charge in [-0.1, -0.05) is 13.8 Å². The molecule has 0 unspecified atom stereocenters. The molecule has 0 aromatic carbocycles. The van der Waals surface area contributed by atoms with Crippen molar-refractivity contribution in [2.75, 3.05) is 6.67 Å². The average molecular weight is 967 g/mol. The number of imidazole rings is 2. The number of aromatic amines is 2. The summed E-state index contributed by atoms with van der Waals surface area (Å²) in [6.07, 6.45) is 20.0. The van der Waals surface area contributed by atoms with Crippen LogP contribution in [-0.2, 0) is 13.1 Å². The molecule has 1 saturated carbocycles. The SMILES string of the molecule is CC.Cc1ccc(-c2cnc3c(-c4cnn(CC5CC5)c4)cc(C(=O)N[C@@H](C)c4ncn[nH]4)cn23)s1.Cc1ccc(-c2cnc3c(-c4cnn(CCF)c4)cc(C(=O)N[C@@H](C)c4ncn[nH]4)cn23)s1. The van der Waals surface area contributed by atoms with E-state index in [1.807, 2.05) is 78.8 Å². The van der Waals surface area contributed by atoms with Gasteiger partial charge in [-0.25, -0.2) is 24.3 Å². The molecule has 10 aromatic heterocycles. The van der Waals surface area contributed by atoms with Crippen molar-refractivity contribution in [1.82, 2.24) is 79.3 Å². The molecule has 0 spiro atoms. The molecule has 69 heavy (non-hydrogen) atoms. The Labute approximate surface area is 404 Å². The molecule has 18 nitrogen and oxygen atoms in total. The van der Waals surface area contributed by atoms with E-state index in [9.17, 15) is 14.0 Å². The first-order chi connectivity index (χ1) is 33.6. The predicted octanol–water partition coefficient (Wildman–Crippen LogP) is 9.09. The highest BCUT2D eigenvalue weighted by molar-refractivity contribution is 7.15. The average Bonchev–Trinajstić information content (AvgIpc) is 4.18. The van der Waals surface area contributed by atoms with Crippen molar-refractivity contribution >= 4 is 45.8 Å². The minimum atomic E-state index is -0.510. The second-order valence-electron chi connectivity index (χ2n) is 16.5. The Morgan fingerprint density at radius 3 is 1.59 bits per heavy atom. The summed E-state index contributed by atoms with van der Waals surface area (Å²) in [7, 11) is 0. The van der Waals surface area contributed by atoms with Crippen LogP contribution in [0, 0.1) is 19.8 Å². The zero-order valence-electron chi connectivity index (χ0n) is 38.9. The number of aromatic nitrogens is 14. The molecular weight excluding hydrogens is 916 g/mol. The third kappa shape index (κ3) is 10.1. The molecular formula is C48H51FN16O2S2. The lowest BCUT2D eigenvalue weighted by atomic mass is 10.1. The largest absolute Gasteiger partial charge is 0.342 e. The van der Waals surface area contributed by atoms with Crippen LogP contribution >= 0.6 is 22.7 Å². The van der Waals surface area contributed by atoms with Crippen molar-refractivity contribution in [1.29, 1.82) is 0 Å². The van der Waals surface area contributed by atoms with Crippen molar-refractivity contribution in [3.63, 3.8) is 0 Å². The van der Waals surface area contributed by atoms with Crippen LogP contribution in [0.15, 0.2) is 98.6 Å². The third-order valence-electron chi connectivity index (χ3n) is 11.4. The van der Waals surface area contributed by atoms with Gasteiger partial charge in [0.15, 0.2) is 0 Å². The van der Waals surface area contributed by atoms with E-state index >= 15 is 0 Å². The highest BCUT2D eigenvalue weighted by atomic mass is 32.1. The molecule has 0 bridgehead atoms. The van der Waals surface area contributed by atoms with Crippen LogP contribution in [0.4, 0.5) is 4.39 Å². The molecule has 4 N–H and O–H groups in total. The molecule has 1 fully saturated rings. The van der Waals surface area contributed by atoms with Gasteiger partial charge in [-0.15, -0.1) is 22.7 Å². The first-order valence-corrected chi connectivity index (χ1v) is 24.3. The highest BCUT2D eigenvalue weighted by Crippen LogP contribution is 2.35. The van der Waals surface area contributed by atoms with Gasteiger partial charge in [-0.2, -0.15) is 20.4 Å². The van der Waals surface area contributed by atoms with Crippen LogP contribution in [0.5, 0.6) is 0 Å². The number of rotatable bonds is 14. The summed E-state index contributed by atoms with van der Waals surface area (Å²) >= 11 is 3.36. The molecule has 1 aliphatic carbocycles. The minimum Gasteiger partial charge on any atom is -0.342 e. The smallest absolute Gasteiger partial charge is 0.253 e. The fraction of sp³-hybridized carbons (Fsp3) is 0.292. The molecule has 2 amide bonds. The fourth-order valence-corrected chi connectivity index (χ4v) is 9.53. The minimum absolute atomic E-state index is 0.166. The number of carbonyl (C=O) groups is 2. The number of amides is 2. The van der Waals surface area contributed by atoms with Crippen molar-refractivity contribution in [2.45, 2.75) is 79.6 Å². The van der Waals surface area contributed by atoms with E-state index in [1.54, 1.807) is 53.5 Å².